The third-order valence-electron chi connectivity index (χ3n) is 3.19. The fraction of sp³-hybridized carbons (Fsp3) is 0.200. The van der Waals surface area contributed by atoms with Gasteiger partial charge in [0.05, 0.1) is 7.11 Å². The first-order valence-corrected chi connectivity index (χ1v) is 6.14. The van der Waals surface area contributed by atoms with Gasteiger partial charge in [0, 0.05) is 12.0 Å². The Morgan fingerprint density at radius 1 is 1.35 bits per heavy atom. The number of benzene rings is 2. The molecule has 0 aromatic heterocycles. The average Bonchev–Trinajstić information content (AvgIpc) is 2.46. The van der Waals surface area contributed by atoms with E-state index in [1.54, 1.807) is 6.07 Å². The molecule has 5 nitrogen and oxygen atoms in total. The van der Waals surface area contributed by atoms with Gasteiger partial charge in [-0.05, 0) is 16.8 Å². The Labute approximate surface area is 116 Å². The van der Waals surface area contributed by atoms with Crippen LogP contribution < -0.4 is 10.1 Å². The highest BCUT2D eigenvalue weighted by Crippen LogP contribution is 2.29. The third kappa shape index (κ3) is 2.71. The smallest absolute Gasteiger partial charge is 0.326 e. The molecular formula is C15H15NO4. The number of hydrogen-bond donors (Lipinski definition) is 2. The van der Waals surface area contributed by atoms with Crippen LogP contribution in [0.1, 0.15) is 5.56 Å². The van der Waals surface area contributed by atoms with Gasteiger partial charge in [0.15, 0.2) is 0 Å². The van der Waals surface area contributed by atoms with Crippen LogP contribution >= 0.6 is 0 Å². The molecule has 0 saturated heterocycles. The summed E-state index contributed by atoms with van der Waals surface area (Å²) in [6, 6.07) is 10.4. The molecule has 0 bridgehead atoms. The van der Waals surface area contributed by atoms with Crippen molar-refractivity contribution in [2.75, 3.05) is 7.11 Å². The highest BCUT2D eigenvalue weighted by Gasteiger charge is 2.20. The summed E-state index contributed by atoms with van der Waals surface area (Å²) in [6.07, 6.45) is 0.564. The van der Waals surface area contributed by atoms with Crippen molar-refractivity contribution in [1.82, 2.24) is 5.32 Å². The molecule has 0 fully saturated rings. The van der Waals surface area contributed by atoms with Gasteiger partial charge in [0.2, 0.25) is 6.41 Å². The van der Waals surface area contributed by atoms with Crippen LogP contribution in [0.15, 0.2) is 36.4 Å². The van der Waals surface area contributed by atoms with Crippen molar-refractivity contribution in [3.05, 3.63) is 42.0 Å². The van der Waals surface area contributed by atoms with Gasteiger partial charge in [-0.2, -0.15) is 0 Å². The average molecular weight is 273 g/mol. The first-order valence-electron chi connectivity index (χ1n) is 6.14. The van der Waals surface area contributed by atoms with E-state index in [1.165, 1.54) is 7.11 Å². The van der Waals surface area contributed by atoms with Crippen molar-refractivity contribution in [1.29, 1.82) is 0 Å². The zero-order valence-corrected chi connectivity index (χ0v) is 11.0. The topological polar surface area (TPSA) is 75.6 Å². The minimum atomic E-state index is -1.08. The Balaban J connectivity index is 2.50. The number of amides is 1. The summed E-state index contributed by atoms with van der Waals surface area (Å²) in [4.78, 5) is 21.7. The summed E-state index contributed by atoms with van der Waals surface area (Å²) in [7, 11) is 1.54. The summed E-state index contributed by atoms with van der Waals surface area (Å²) in [5.41, 5.74) is 0.771. The maximum absolute atomic E-state index is 11.2. The third-order valence-corrected chi connectivity index (χ3v) is 3.19. The number of aliphatic carboxylic acids is 1. The van der Waals surface area contributed by atoms with Crippen molar-refractivity contribution in [2.45, 2.75) is 12.5 Å². The first-order chi connectivity index (χ1) is 9.67. The number of methoxy groups -OCH3 is 1. The molecule has 0 spiro atoms. The van der Waals surface area contributed by atoms with Gasteiger partial charge in [-0.1, -0.05) is 30.3 Å². The molecule has 2 aromatic rings. The lowest BCUT2D eigenvalue weighted by Gasteiger charge is -2.16. The Bertz CT molecular complexity index is 639. The number of hydrogen-bond acceptors (Lipinski definition) is 3. The number of carbonyl (C=O) groups excluding carboxylic acids is 1. The second-order valence-corrected chi connectivity index (χ2v) is 4.35. The molecular weight excluding hydrogens is 258 g/mol. The Hall–Kier alpha value is -2.56. The molecule has 1 atom stereocenters. The van der Waals surface area contributed by atoms with Crippen molar-refractivity contribution in [3.63, 3.8) is 0 Å². The molecule has 0 aliphatic heterocycles. The largest absolute Gasteiger partial charge is 0.496 e. The minimum absolute atomic E-state index is 0.165. The standard InChI is InChI=1S/C15H15NO4/c1-20-14-7-6-10-4-2-3-5-11(10)12(14)8-13(15(18)19)16-9-17/h2-7,9,13H,8H2,1H3,(H,16,17)(H,18,19). The first kappa shape index (κ1) is 13.9. The van der Waals surface area contributed by atoms with Crippen LogP contribution in [0.2, 0.25) is 0 Å². The van der Waals surface area contributed by atoms with Crippen LogP contribution in [0.25, 0.3) is 10.8 Å². The van der Waals surface area contributed by atoms with Crippen molar-refractivity contribution < 1.29 is 19.4 Å². The maximum Gasteiger partial charge on any atom is 0.326 e. The van der Waals surface area contributed by atoms with Gasteiger partial charge in [0.25, 0.3) is 0 Å². The van der Waals surface area contributed by atoms with Crippen molar-refractivity contribution in [2.24, 2.45) is 0 Å². The highest BCUT2D eigenvalue weighted by atomic mass is 16.5. The molecule has 104 valence electrons. The zero-order chi connectivity index (χ0) is 14.5. The lowest BCUT2D eigenvalue weighted by molar-refractivity contribution is -0.140. The Morgan fingerprint density at radius 3 is 2.75 bits per heavy atom. The molecule has 0 aliphatic rings. The second kappa shape index (κ2) is 6.06. The van der Waals surface area contributed by atoms with E-state index in [0.29, 0.717) is 12.2 Å². The summed E-state index contributed by atoms with van der Waals surface area (Å²) >= 11 is 0. The van der Waals surface area contributed by atoms with Crippen molar-refractivity contribution >= 4 is 23.2 Å². The minimum Gasteiger partial charge on any atom is -0.496 e. The van der Waals surface area contributed by atoms with E-state index in [1.807, 2.05) is 30.3 Å². The number of carboxylic acids is 1. The molecule has 0 aliphatic carbocycles. The van der Waals surface area contributed by atoms with Gasteiger partial charge in [-0.25, -0.2) is 4.79 Å². The zero-order valence-electron chi connectivity index (χ0n) is 11.0. The lowest BCUT2D eigenvalue weighted by atomic mass is 9.97. The van der Waals surface area contributed by atoms with Gasteiger partial charge in [-0.15, -0.1) is 0 Å². The molecule has 1 amide bonds. The predicted molar refractivity (Wildman–Crippen MR) is 74.8 cm³/mol. The fourth-order valence-electron chi connectivity index (χ4n) is 2.22. The molecule has 1 unspecified atom stereocenters. The molecule has 5 heteroatoms. The Morgan fingerprint density at radius 2 is 2.10 bits per heavy atom. The normalized spacial score (nSPS) is 11.8. The Kier molecular flexibility index (Phi) is 4.20. The number of nitrogens with one attached hydrogen (secondary N) is 1. The number of rotatable bonds is 6. The van der Waals surface area contributed by atoms with Crippen LogP contribution in [0.3, 0.4) is 0 Å². The van der Waals surface area contributed by atoms with Crippen LogP contribution in [0, 0.1) is 0 Å². The van der Waals surface area contributed by atoms with Crippen LogP contribution in [-0.2, 0) is 16.0 Å². The number of carbonyl (C=O) groups is 2. The molecule has 2 rings (SSSR count). The van der Waals surface area contributed by atoms with E-state index in [0.717, 1.165) is 16.3 Å². The summed E-state index contributed by atoms with van der Waals surface area (Å²) in [5.74, 6) is -0.463. The summed E-state index contributed by atoms with van der Waals surface area (Å²) < 4.78 is 5.30. The monoisotopic (exact) mass is 273 g/mol. The van der Waals surface area contributed by atoms with E-state index in [9.17, 15) is 9.59 Å². The maximum atomic E-state index is 11.2. The van der Waals surface area contributed by atoms with Gasteiger partial charge < -0.3 is 15.2 Å². The molecule has 20 heavy (non-hydrogen) atoms. The highest BCUT2D eigenvalue weighted by molar-refractivity contribution is 5.89. The van der Waals surface area contributed by atoms with E-state index in [2.05, 4.69) is 5.32 Å². The van der Waals surface area contributed by atoms with Gasteiger partial charge in [0.1, 0.15) is 11.8 Å². The van der Waals surface area contributed by atoms with Crippen molar-refractivity contribution in [3.8, 4) is 5.75 Å². The quantitative estimate of drug-likeness (QED) is 0.784. The number of carboxylic acid groups (broad SMARTS) is 1. The van der Waals surface area contributed by atoms with Crippen LogP contribution in [0.5, 0.6) is 5.75 Å². The summed E-state index contributed by atoms with van der Waals surface area (Å²) in [5, 5.41) is 13.4. The van der Waals surface area contributed by atoms with E-state index in [4.69, 9.17) is 9.84 Å². The van der Waals surface area contributed by atoms with E-state index < -0.39 is 12.0 Å². The lowest BCUT2D eigenvalue weighted by Crippen LogP contribution is -2.37. The molecule has 2 aromatic carbocycles. The van der Waals surface area contributed by atoms with Crippen LogP contribution in [-0.4, -0.2) is 30.6 Å². The van der Waals surface area contributed by atoms with Gasteiger partial charge >= 0.3 is 5.97 Å². The van der Waals surface area contributed by atoms with E-state index >= 15 is 0 Å². The van der Waals surface area contributed by atoms with E-state index in [-0.39, 0.29) is 6.42 Å². The van der Waals surface area contributed by atoms with Crippen LogP contribution in [0.4, 0.5) is 0 Å². The molecule has 0 heterocycles. The van der Waals surface area contributed by atoms with Gasteiger partial charge in [-0.3, -0.25) is 4.79 Å². The summed E-state index contributed by atoms with van der Waals surface area (Å²) in [6.45, 7) is 0. The number of ether oxygens (including phenoxy) is 1. The fourth-order valence-corrected chi connectivity index (χ4v) is 2.22. The molecule has 0 saturated carbocycles. The molecule has 0 radical (unpaired) electrons. The SMILES string of the molecule is COc1ccc2ccccc2c1CC(NC=O)C(=O)O. The second-order valence-electron chi connectivity index (χ2n) is 4.35. The molecule has 2 N–H and O–H groups in total. The predicted octanol–water partition coefficient (Wildman–Crippen LogP) is 1.59. The number of fused-ring (bicyclic) bond motifs is 1.